The smallest absolute Gasteiger partial charge is 0.332 e. The van der Waals surface area contributed by atoms with Gasteiger partial charge in [-0.1, -0.05) is 6.92 Å². The summed E-state index contributed by atoms with van der Waals surface area (Å²) in [4.78, 5) is 13.3. The minimum atomic E-state index is -0.846. The second-order valence-electron chi connectivity index (χ2n) is 4.76. The summed E-state index contributed by atoms with van der Waals surface area (Å²) in [6.45, 7) is 8.65. The van der Waals surface area contributed by atoms with Crippen LogP contribution in [-0.2, 0) is 9.53 Å². The van der Waals surface area contributed by atoms with E-state index < -0.39 is 12.1 Å². The van der Waals surface area contributed by atoms with Crippen molar-refractivity contribution in [2.45, 2.75) is 45.8 Å². The van der Waals surface area contributed by atoms with Gasteiger partial charge in [0.1, 0.15) is 0 Å². The van der Waals surface area contributed by atoms with Crippen LogP contribution in [0, 0.1) is 5.92 Å². The molecular formula is C12H23NO3. The van der Waals surface area contributed by atoms with Crippen LogP contribution in [-0.4, -0.2) is 47.8 Å². The van der Waals surface area contributed by atoms with Crippen molar-refractivity contribution in [1.29, 1.82) is 0 Å². The molecule has 1 fully saturated rings. The average molecular weight is 229 g/mol. The zero-order valence-electron chi connectivity index (χ0n) is 10.5. The molecule has 3 unspecified atom stereocenters. The molecule has 1 aliphatic heterocycles. The minimum Gasteiger partial charge on any atom is -0.479 e. The third-order valence-electron chi connectivity index (χ3n) is 3.23. The normalized spacial score (nSPS) is 28.2. The molecule has 16 heavy (non-hydrogen) atoms. The van der Waals surface area contributed by atoms with E-state index in [9.17, 15) is 4.79 Å². The fraction of sp³-hybridized carbons (Fsp3) is 0.917. The summed E-state index contributed by atoms with van der Waals surface area (Å²) in [6, 6.07) is 0.575. The van der Waals surface area contributed by atoms with Crippen molar-refractivity contribution < 1.29 is 14.6 Å². The SMILES string of the molecule is CCOC(CCN1CC(C)CC1C)C(=O)O. The summed E-state index contributed by atoms with van der Waals surface area (Å²) in [6.07, 6.45) is 1.15. The maximum Gasteiger partial charge on any atom is 0.332 e. The summed E-state index contributed by atoms with van der Waals surface area (Å²) in [7, 11) is 0. The molecule has 0 saturated carbocycles. The molecule has 0 aromatic carbocycles. The van der Waals surface area contributed by atoms with Crippen molar-refractivity contribution in [3.05, 3.63) is 0 Å². The number of likely N-dealkylation sites (tertiary alicyclic amines) is 1. The van der Waals surface area contributed by atoms with Crippen LogP contribution in [0.4, 0.5) is 0 Å². The van der Waals surface area contributed by atoms with Gasteiger partial charge in [-0.05, 0) is 32.6 Å². The highest BCUT2D eigenvalue weighted by atomic mass is 16.5. The molecule has 0 aromatic heterocycles. The molecule has 4 heteroatoms. The Kier molecular flexibility index (Phi) is 5.22. The summed E-state index contributed by atoms with van der Waals surface area (Å²) in [5, 5.41) is 8.95. The molecule has 3 atom stereocenters. The number of rotatable bonds is 6. The first-order chi connectivity index (χ1) is 7.54. The number of carboxylic acid groups (broad SMARTS) is 1. The van der Waals surface area contributed by atoms with E-state index in [-0.39, 0.29) is 0 Å². The van der Waals surface area contributed by atoms with Crippen molar-refractivity contribution in [2.24, 2.45) is 5.92 Å². The monoisotopic (exact) mass is 229 g/mol. The van der Waals surface area contributed by atoms with Crippen LogP contribution in [0.5, 0.6) is 0 Å². The third-order valence-corrected chi connectivity index (χ3v) is 3.23. The van der Waals surface area contributed by atoms with Crippen LogP contribution < -0.4 is 0 Å². The number of carbonyl (C=O) groups is 1. The van der Waals surface area contributed by atoms with Gasteiger partial charge >= 0.3 is 5.97 Å². The van der Waals surface area contributed by atoms with E-state index in [1.165, 1.54) is 6.42 Å². The lowest BCUT2D eigenvalue weighted by Crippen LogP contribution is -2.33. The van der Waals surface area contributed by atoms with Gasteiger partial charge in [-0.3, -0.25) is 0 Å². The summed E-state index contributed by atoms with van der Waals surface area (Å²) in [5.74, 6) is -0.118. The Morgan fingerprint density at radius 3 is 2.69 bits per heavy atom. The topological polar surface area (TPSA) is 49.8 Å². The first-order valence-corrected chi connectivity index (χ1v) is 6.13. The first-order valence-electron chi connectivity index (χ1n) is 6.13. The van der Waals surface area contributed by atoms with E-state index >= 15 is 0 Å². The van der Waals surface area contributed by atoms with Crippen molar-refractivity contribution in [3.63, 3.8) is 0 Å². The molecule has 94 valence electrons. The van der Waals surface area contributed by atoms with E-state index in [0.717, 1.165) is 19.0 Å². The first kappa shape index (κ1) is 13.5. The Labute approximate surface area is 97.6 Å². The highest BCUT2D eigenvalue weighted by Gasteiger charge is 2.27. The molecule has 0 amide bonds. The lowest BCUT2D eigenvalue weighted by Gasteiger charge is -2.22. The summed E-state index contributed by atoms with van der Waals surface area (Å²) in [5.41, 5.74) is 0. The Bertz CT molecular complexity index is 232. The zero-order chi connectivity index (χ0) is 12.1. The van der Waals surface area contributed by atoms with E-state index in [1.807, 2.05) is 6.92 Å². The molecule has 4 nitrogen and oxygen atoms in total. The van der Waals surface area contributed by atoms with E-state index in [0.29, 0.717) is 19.1 Å². The Morgan fingerprint density at radius 2 is 2.25 bits per heavy atom. The van der Waals surface area contributed by atoms with Gasteiger partial charge < -0.3 is 14.7 Å². The van der Waals surface area contributed by atoms with Gasteiger partial charge in [0.2, 0.25) is 0 Å². The van der Waals surface area contributed by atoms with Gasteiger partial charge in [0, 0.05) is 25.7 Å². The third kappa shape index (κ3) is 3.76. The maximum atomic E-state index is 10.9. The quantitative estimate of drug-likeness (QED) is 0.751. The molecule has 1 rings (SSSR count). The van der Waals surface area contributed by atoms with E-state index in [4.69, 9.17) is 9.84 Å². The largest absolute Gasteiger partial charge is 0.479 e. The van der Waals surface area contributed by atoms with Gasteiger partial charge in [0.15, 0.2) is 6.10 Å². The lowest BCUT2D eigenvalue weighted by molar-refractivity contribution is -0.150. The highest BCUT2D eigenvalue weighted by Crippen LogP contribution is 2.22. The molecule has 1 N–H and O–H groups in total. The van der Waals surface area contributed by atoms with Gasteiger partial charge in [-0.25, -0.2) is 4.79 Å². The van der Waals surface area contributed by atoms with Gasteiger partial charge in [-0.15, -0.1) is 0 Å². The van der Waals surface area contributed by atoms with E-state index in [2.05, 4.69) is 18.7 Å². The number of aliphatic carboxylic acids is 1. The van der Waals surface area contributed by atoms with Crippen molar-refractivity contribution in [3.8, 4) is 0 Å². The Hall–Kier alpha value is -0.610. The molecule has 1 aliphatic rings. The van der Waals surface area contributed by atoms with Crippen LogP contribution in [0.3, 0.4) is 0 Å². The van der Waals surface area contributed by atoms with Crippen molar-refractivity contribution >= 4 is 5.97 Å². The second kappa shape index (κ2) is 6.21. The fourth-order valence-corrected chi connectivity index (χ4v) is 2.46. The van der Waals surface area contributed by atoms with Gasteiger partial charge in [0.25, 0.3) is 0 Å². The number of hydrogen-bond acceptors (Lipinski definition) is 3. The number of ether oxygens (including phenoxy) is 1. The van der Waals surface area contributed by atoms with Gasteiger partial charge in [0.05, 0.1) is 0 Å². The van der Waals surface area contributed by atoms with Gasteiger partial charge in [-0.2, -0.15) is 0 Å². The summed E-state index contributed by atoms with van der Waals surface area (Å²) >= 11 is 0. The number of hydrogen-bond donors (Lipinski definition) is 1. The standard InChI is InChI=1S/C12H23NO3/c1-4-16-11(12(14)15)5-6-13-8-9(2)7-10(13)3/h9-11H,4-8H2,1-3H3,(H,14,15). The van der Waals surface area contributed by atoms with Crippen LogP contribution in [0.25, 0.3) is 0 Å². The Morgan fingerprint density at radius 1 is 1.56 bits per heavy atom. The minimum absolute atomic E-state index is 0.461. The molecule has 0 radical (unpaired) electrons. The average Bonchev–Trinajstić information content (AvgIpc) is 2.51. The van der Waals surface area contributed by atoms with Crippen LogP contribution >= 0.6 is 0 Å². The predicted octanol–water partition coefficient (Wildman–Crippen LogP) is 1.60. The van der Waals surface area contributed by atoms with Crippen LogP contribution in [0.15, 0.2) is 0 Å². The molecule has 0 spiro atoms. The Balaban J connectivity index is 2.34. The molecule has 0 aliphatic carbocycles. The predicted molar refractivity (Wildman–Crippen MR) is 62.5 cm³/mol. The van der Waals surface area contributed by atoms with E-state index in [1.54, 1.807) is 0 Å². The fourth-order valence-electron chi connectivity index (χ4n) is 2.46. The second-order valence-corrected chi connectivity index (χ2v) is 4.76. The zero-order valence-corrected chi connectivity index (χ0v) is 10.5. The molecule has 0 bridgehead atoms. The van der Waals surface area contributed by atoms with Crippen molar-refractivity contribution in [1.82, 2.24) is 4.90 Å². The number of nitrogens with zero attached hydrogens (tertiary/aromatic N) is 1. The lowest BCUT2D eigenvalue weighted by atomic mass is 10.1. The molecular weight excluding hydrogens is 206 g/mol. The van der Waals surface area contributed by atoms with Crippen molar-refractivity contribution in [2.75, 3.05) is 19.7 Å². The molecule has 1 heterocycles. The maximum absolute atomic E-state index is 10.9. The molecule has 1 saturated heterocycles. The van der Waals surface area contributed by atoms with Crippen LogP contribution in [0.1, 0.15) is 33.6 Å². The number of carboxylic acids is 1. The van der Waals surface area contributed by atoms with Crippen LogP contribution in [0.2, 0.25) is 0 Å². The highest BCUT2D eigenvalue weighted by molar-refractivity contribution is 5.72. The summed E-state index contributed by atoms with van der Waals surface area (Å²) < 4.78 is 5.20. The molecule has 0 aromatic rings.